The van der Waals surface area contributed by atoms with Crippen molar-refractivity contribution in [2.24, 2.45) is 0 Å². The molecule has 7 nitrogen and oxygen atoms in total. The van der Waals surface area contributed by atoms with Crippen LogP contribution in [0.4, 0.5) is 24.7 Å². The van der Waals surface area contributed by atoms with E-state index in [0.717, 1.165) is 29.0 Å². The van der Waals surface area contributed by atoms with Crippen molar-refractivity contribution in [3.05, 3.63) is 72.2 Å². The number of anilines is 2. The molecular formula is C26H27F3N4O3. The van der Waals surface area contributed by atoms with Gasteiger partial charge in [0.05, 0.1) is 30.6 Å². The fraction of sp³-hybridized carbons (Fsp3) is 0.346. The van der Waals surface area contributed by atoms with Gasteiger partial charge in [0.1, 0.15) is 11.5 Å². The lowest BCUT2D eigenvalue weighted by atomic mass is 9.84. The molecule has 0 bridgehead atoms. The molecule has 1 saturated heterocycles. The van der Waals surface area contributed by atoms with Crippen molar-refractivity contribution < 1.29 is 27.8 Å². The molecule has 190 valence electrons. The summed E-state index contributed by atoms with van der Waals surface area (Å²) < 4.78 is 43.0. The van der Waals surface area contributed by atoms with E-state index in [1.165, 1.54) is 6.07 Å². The number of carbonyl (C=O) groups excluding carboxylic acids is 1. The lowest BCUT2D eigenvalue weighted by Crippen LogP contribution is -2.44. The van der Waals surface area contributed by atoms with Crippen molar-refractivity contribution in [2.75, 3.05) is 31.6 Å². The number of aromatic nitrogens is 2. The summed E-state index contributed by atoms with van der Waals surface area (Å²) >= 11 is 0. The average Bonchev–Trinajstić information content (AvgIpc) is 2.86. The lowest BCUT2D eigenvalue weighted by molar-refractivity contribution is -0.145. The smallest absolute Gasteiger partial charge is 0.433 e. The lowest BCUT2D eigenvalue weighted by Gasteiger charge is -2.38. The Morgan fingerprint density at radius 2 is 1.72 bits per heavy atom. The number of likely N-dealkylation sites (tertiary alicyclic amines) is 1. The molecule has 2 N–H and O–H groups in total. The summed E-state index contributed by atoms with van der Waals surface area (Å²) in [6.45, 7) is 3.57. The number of halogens is 3. The van der Waals surface area contributed by atoms with E-state index >= 15 is 0 Å². The number of alkyl halides is 3. The van der Waals surface area contributed by atoms with Gasteiger partial charge in [-0.15, -0.1) is 0 Å². The minimum Gasteiger partial charge on any atom is -0.465 e. The molecule has 3 aromatic rings. The van der Waals surface area contributed by atoms with Gasteiger partial charge < -0.3 is 15.2 Å². The third kappa shape index (κ3) is 6.19. The van der Waals surface area contributed by atoms with Crippen molar-refractivity contribution in [1.29, 1.82) is 0 Å². The highest BCUT2D eigenvalue weighted by atomic mass is 19.4. The highest BCUT2D eigenvalue weighted by molar-refractivity contribution is 5.71. The second kappa shape index (κ2) is 10.6. The molecule has 0 atom stereocenters. The van der Waals surface area contributed by atoms with E-state index in [0.29, 0.717) is 44.0 Å². The van der Waals surface area contributed by atoms with Crippen LogP contribution in [0.5, 0.6) is 0 Å². The third-order valence-electron chi connectivity index (χ3n) is 6.19. The molecule has 0 amide bonds. The number of nitrogens with zero attached hydrogens (tertiary/aromatic N) is 3. The number of aliphatic hydroxyl groups is 1. The Morgan fingerprint density at radius 3 is 2.28 bits per heavy atom. The SMILES string of the molecule is CCOC(=O)CN1CCC(O)(c2ccc(-c3ccc(Nc4ccc(C(F)(F)F)nc4)nc3)cc2)CC1. The molecule has 0 saturated carbocycles. The predicted octanol–water partition coefficient (Wildman–Crippen LogP) is 4.75. The summed E-state index contributed by atoms with van der Waals surface area (Å²) in [5, 5.41) is 14.1. The van der Waals surface area contributed by atoms with E-state index in [4.69, 9.17) is 4.74 Å². The molecule has 0 spiro atoms. The van der Waals surface area contributed by atoms with Crippen LogP contribution in [0.15, 0.2) is 60.9 Å². The summed E-state index contributed by atoms with van der Waals surface area (Å²) in [6.07, 6.45) is -0.662. The van der Waals surface area contributed by atoms with Crippen molar-refractivity contribution in [1.82, 2.24) is 14.9 Å². The van der Waals surface area contributed by atoms with Gasteiger partial charge in [-0.1, -0.05) is 24.3 Å². The van der Waals surface area contributed by atoms with Crippen LogP contribution < -0.4 is 5.32 Å². The Hall–Kier alpha value is -3.50. The van der Waals surface area contributed by atoms with Crippen LogP contribution in [0.25, 0.3) is 11.1 Å². The number of nitrogens with one attached hydrogen (secondary N) is 1. The van der Waals surface area contributed by atoms with Crippen LogP contribution in [0.2, 0.25) is 0 Å². The first-order valence-corrected chi connectivity index (χ1v) is 11.6. The molecule has 1 aromatic carbocycles. The molecule has 2 aromatic heterocycles. The van der Waals surface area contributed by atoms with Crippen molar-refractivity contribution in [2.45, 2.75) is 31.5 Å². The van der Waals surface area contributed by atoms with Gasteiger partial charge in [0, 0.05) is 24.8 Å². The number of carbonyl (C=O) groups is 1. The van der Waals surface area contributed by atoms with E-state index < -0.39 is 17.5 Å². The third-order valence-corrected chi connectivity index (χ3v) is 6.19. The zero-order chi connectivity index (χ0) is 25.8. The van der Waals surface area contributed by atoms with Gasteiger partial charge in [-0.25, -0.2) is 9.97 Å². The number of rotatable bonds is 7. The summed E-state index contributed by atoms with van der Waals surface area (Å²) in [5.74, 6) is 0.221. The minimum atomic E-state index is -4.48. The monoisotopic (exact) mass is 500 g/mol. The number of piperidine rings is 1. The molecule has 0 aliphatic carbocycles. The van der Waals surface area contributed by atoms with Crippen molar-refractivity contribution in [3.63, 3.8) is 0 Å². The summed E-state index contributed by atoms with van der Waals surface area (Å²) in [6, 6.07) is 13.4. The molecule has 1 aliphatic heterocycles. The number of esters is 1. The van der Waals surface area contributed by atoms with Crippen LogP contribution in [0.1, 0.15) is 31.0 Å². The second-order valence-corrected chi connectivity index (χ2v) is 8.68. The molecule has 4 rings (SSSR count). The maximum Gasteiger partial charge on any atom is 0.433 e. The predicted molar refractivity (Wildman–Crippen MR) is 128 cm³/mol. The van der Waals surface area contributed by atoms with Gasteiger partial charge in [0.15, 0.2) is 0 Å². The minimum absolute atomic E-state index is 0.232. The van der Waals surface area contributed by atoms with E-state index in [1.807, 2.05) is 35.2 Å². The fourth-order valence-electron chi connectivity index (χ4n) is 4.15. The topological polar surface area (TPSA) is 87.6 Å². The first kappa shape index (κ1) is 25.6. The maximum atomic E-state index is 12.7. The van der Waals surface area contributed by atoms with Gasteiger partial charge in [-0.05, 0) is 55.2 Å². The number of hydrogen-bond acceptors (Lipinski definition) is 7. The van der Waals surface area contributed by atoms with Crippen molar-refractivity contribution >= 4 is 17.5 Å². The Bertz CT molecular complexity index is 1160. The summed E-state index contributed by atoms with van der Waals surface area (Å²) in [7, 11) is 0. The standard InChI is InChI=1S/C26H27F3N4O3/c1-2-36-24(34)17-33-13-11-25(35,12-14-33)20-6-3-18(4-7-20)19-5-10-23(31-15-19)32-21-8-9-22(30-16-21)26(27,28)29/h3-10,15-16,35H,2,11-14,17H2,1H3,(H,31,32). The number of pyridine rings is 2. The largest absolute Gasteiger partial charge is 0.465 e. The molecule has 3 heterocycles. The average molecular weight is 501 g/mol. The highest BCUT2D eigenvalue weighted by Crippen LogP contribution is 2.34. The van der Waals surface area contributed by atoms with E-state index in [1.54, 1.807) is 19.2 Å². The molecule has 0 radical (unpaired) electrons. The van der Waals surface area contributed by atoms with Gasteiger partial charge >= 0.3 is 12.1 Å². The van der Waals surface area contributed by atoms with Gasteiger partial charge in [-0.3, -0.25) is 9.69 Å². The zero-order valence-electron chi connectivity index (χ0n) is 19.8. The number of ether oxygens (including phenoxy) is 1. The van der Waals surface area contributed by atoms with Crippen LogP contribution in [0, 0.1) is 0 Å². The first-order chi connectivity index (χ1) is 17.2. The Labute approximate surface area is 207 Å². The highest BCUT2D eigenvalue weighted by Gasteiger charge is 2.34. The maximum absolute atomic E-state index is 12.7. The van der Waals surface area contributed by atoms with Gasteiger partial charge in [-0.2, -0.15) is 13.2 Å². The zero-order valence-corrected chi connectivity index (χ0v) is 19.8. The van der Waals surface area contributed by atoms with Gasteiger partial charge in [0.25, 0.3) is 0 Å². The molecule has 36 heavy (non-hydrogen) atoms. The van der Waals surface area contributed by atoms with Crippen LogP contribution in [-0.2, 0) is 21.3 Å². The number of benzene rings is 1. The molecule has 1 aliphatic rings. The summed E-state index contributed by atoms with van der Waals surface area (Å²) in [5.41, 5.74) is 1.08. The van der Waals surface area contributed by atoms with E-state index in [2.05, 4.69) is 15.3 Å². The molecule has 10 heteroatoms. The fourth-order valence-corrected chi connectivity index (χ4v) is 4.15. The Balaban J connectivity index is 1.36. The van der Waals surface area contributed by atoms with Crippen LogP contribution in [0.3, 0.4) is 0 Å². The second-order valence-electron chi connectivity index (χ2n) is 8.68. The Kier molecular flexibility index (Phi) is 7.56. The quantitative estimate of drug-likeness (QED) is 0.453. The van der Waals surface area contributed by atoms with Crippen LogP contribution in [-0.4, -0.2) is 52.2 Å². The number of hydrogen-bond donors (Lipinski definition) is 2. The van der Waals surface area contributed by atoms with Crippen molar-refractivity contribution in [3.8, 4) is 11.1 Å². The molecule has 0 unspecified atom stereocenters. The molecular weight excluding hydrogens is 473 g/mol. The normalized spacial score (nSPS) is 15.9. The van der Waals surface area contributed by atoms with E-state index in [-0.39, 0.29) is 12.5 Å². The summed E-state index contributed by atoms with van der Waals surface area (Å²) in [4.78, 5) is 21.5. The van der Waals surface area contributed by atoms with Gasteiger partial charge in [0.2, 0.25) is 0 Å². The molecule has 1 fully saturated rings. The Morgan fingerprint density at radius 1 is 1.03 bits per heavy atom. The van der Waals surface area contributed by atoms with Crippen LogP contribution >= 0.6 is 0 Å². The first-order valence-electron chi connectivity index (χ1n) is 11.6. The van der Waals surface area contributed by atoms with E-state index in [9.17, 15) is 23.1 Å².